The van der Waals surface area contributed by atoms with Crippen molar-refractivity contribution in [1.82, 2.24) is 4.90 Å². The van der Waals surface area contributed by atoms with E-state index in [1.807, 2.05) is 0 Å². The Morgan fingerprint density at radius 1 is 0.786 bits per heavy atom. The second kappa shape index (κ2) is 9.50. The summed E-state index contributed by atoms with van der Waals surface area (Å²) in [7, 11) is 0. The second-order valence-corrected chi connectivity index (χ2v) is 7.57. The van der Waals surface area contributed by atoms with Gasteiger partial charge in [0.05, 0.1) is 6.54 Å². The van der Waals surface area contributed by atoms with Crippen molar-refractivity contribution >= 4 is 11.8 Å². The first-order chi connectivity index (χ1) is 13.6. The summed E-state index contributed by atoms with van der Waals surface area (Å²) in [4.78, 5) is 24.8. The molecule has 146 valence electrons. The summed E-state index contributed by atoms with van der Waals surface area (Å²) in [6, 6.07) is 19.2. The predicted molar refractivity (Wildman–Crippen MR) is 113 cm³/mol. The summed E-state index contributed by atoms with van der Waals surface area (Å²) >= 11 is 0. The molecule has 0 aliphatic carbocycles. The molecule has 3 nitrogen and oxygen atoms in total. The van der Waals surface area contributed by atoms with Gasteiger partial charge in [-0.15, -0.1) is 0 Å². The monoisotopic (exact) mass is 375 g/mol. The Morgan fingerprint density at radius 2 is 1.39 bits per heavy atom. The molecule has 2 atom stereocenters. The van der Waals surface area contributed by atoms with E-state index in [1.165, 1.54) is 28.2 Å². The van der Waals surface area contributed by atoms with Crippen LogP contribution < -0.4 is 0 Å². The molecule has 0 radical (unpaired) electrons. The van der Waals surface area contributed by atoms with Gasteiger partial charge in [-0.2, -0.15) is 0 Å². The third-order valence-corrected chi connectivity index (χ3v) is 5.66. The van der Waals surface area contributed by atoms with Gasteiger partial charge in [0.1, 0.15) is 0 Å². The average Bonchev–Trinajstić information content (AvgIpc) is 3.04. The molecule has 3 heteroatoms. The van der Waals surface area contributed by atoms with Crippen molar-refractivity contribution in [3.05, 3.63) is 83.4 Å². The first kappa shape index (κ1) is 20.1. The molecule has 1 heterocycles. The number of hydrogen-bond donors (Lipinski definition) is 0. The number of carbonyl (C=O) groups is 2. The van der Waals surface area contributed by atoms with E-state index in [0.29, 0.717) is 18.4 Å². The summed E-state index contributed by atoms with van der Waals surface area (Å²) in [6.45, 7) is 4.84. The highest BCUT2D eigenvalue weighted by atomic mass is 16.2. The Balaban J connectivity index is 1.71. The number of benzene rings is 2. The molecular weight excluding hydrogens is 346 g/mol. The fourth-order valence-corrected chi connectivity index (χ4v) is 4.04. The molecular formula is C25H29NO2. The Hall–Kier alpha value is -2.68. The molecule has 0 bridgehead atoms. The standard InChI is InChI=1S/C25H29NO2/c1-3-8-23(17-20(4-2)21-9-6-5-7-10-21)22-13-11-19(12-14-22)18-26-24(27)15-16-25(26)28/h5-7,9-16,20,23H,3-4,8,17-18H2,1-2H3. The molecule has 2 aromatic rings. The molecule has 3 rings (SSSR count). The minimum atomic E-state index is -0.230. The maximum atomic E-state index is 11.8. The quantitative estimate of drug-likeness (QED) is 0.537. The van der Waals surface area contributed by atoms with Crippen molar-refractivity contribution in [3.8, 4) is 0 Å². The third kappa shape index (κ3) is 4.78. The van der Waals surface area contributed by atoms with Gasteiger partial charge in [0.2, 0.25) is 0 Å². The van der Waals surface area contributed by atoms with Gasteiger partial charge in [0.25, 0.3) is 11.8 Å². The lowest BCUT2D eigenvalue weighted by molar-refractivity contribution is -0.137. The third-order valence-electron chi connectivity index (χ3n) is 5.66. The summed E-state index contributed by atoms with van der Waals surface area (Å²) in [5.74, 6) is 0.613. The van der Waals surface area contributed by atoms with Crippen molar-refractivity contribution in [2.24, 2.45) is 0 Å². The van der Waals surface area contributed by atoms with Crippen LogP contribution in [0.3, 0.4) is 0 Å². The van der Waals surface area contributed by atoms with E-state index in [4.69, 9.17) is 0 Å². The Kier molecular flexibility index (Phi) is 6.80. The average molecular weight is 376 g/mol. The molecule has 0 fully saturated rings. The molecule has 28 heavy (non-hydrogen) atoms. The van der Waals surface area contributed by atoms with E-state index in [0.717, 1.165) is 31.2 Å². The van der Waals surface area contributed by atoms with Crippen LogP contribution >= 0.6 is 0 Å². The van der Waals surface area contributed by atoms with Crippen LogP contribution in [-0.2, 0) is 16.1 Å². The maximum absolute atomic E-state index is 11.8. The van der Waals surface area contributed by atoms with Gasteiger partial charge in [-0.1, -0.05) is 74.9 Å². The SMILES string of the molecule is CCCC(CC(CC)c1ccccc1)c1ccc(CN2C(=O)C=CC2=O)cc1. The van der Waals surface area contributed by atoms with E-state index < -0.39 is 0 Å². The van der Waals surface area contributed by atoms with E-state index in [1.54, 1.807) is 0 Å². The zero-order chi connectivity index (χ0) is 19.9. The van der Waals surface area contributed by atoms with Gasteiger partial charge < -0.3 is 0 Å². The van der Waals surface area contributed by atoms with Crippen molar-refractivity contribution in [1.29, 1.82) is 0 Å². The van der Waals surface area contributed by atoms with Crippen molar-refractivity contribution in [3.63, 3.8) is 0 Å². The fraction of sp³-hybridized carbons (Fsp3) is 0.360. The van der Waals surface area contributed by atoms with Crippen molar-refractivity contribution in [2.75, 3.05) is 0 Å². The highest BCUT2D eigenvalue weighted by Gasteiger charge is 2.23. The smallest absolute Gasteiger partial charge is 0.253 e. The summed E-state index contributed by atoms with van der Waals surface area (Å²) < 4.78 is 0. The van der Waals surface area contributed by atoms with Crippen LogP contribution in [0.4, 0.5) is 0 Å². The first-order valence-corrected chi connectivity index (χ1v) is 10.3. The number of hydrogen-bond acceptors (Lipinski definition) is 2. The second-order valence-electron chi connectivity index (χ2n) is 7.57. The van der Waals surface area contributed by atoms with Gasteiger partial charge in [-0.05, 0) is 47.8 Å². The number of carbonyl (C=O) groups excluding carboxylic acids is 2. The van der Waals surface area contributed by atoms with E-state index >= 15 is 0 Å². The van der Waals surface area contributed by atoms with E-state index in [2.05, 4.69) is 68.4 Å². The zero-order valence-electron chi connectivity index (χ0n) is 16.8. The van der Waals surface area contributed by atoms with Gasteiger partial charge >= 0.3 is 0 Å². The summed E-state index contributed by atoms with van der Waals surface area (Å²) in [5, 5.41) is 0. The van der Waals surface area contributed by atoms with Crippen LogP contribution in [0, 0.1) is 0 Å². The van der Waals surface area contributed by atoms with Crippen LogP contribution in [0.2, 0.25) is 0 Å². The molecule has 2 amide bonds. The highest BCUT2D eigenvalue weighted by Crippen LogP contribution is 2.35. The van der Waals surface area contributed by atoms with Crippen molar-refractivity contribution < 1.29 is 9.59 Å². The zero-order valence-corrected chi connectivity index (χ0v) is 16.8. The largest absolute Gasteiger partial charge is 0.271 e. The number of nitrogens with zero attached hydrogens (tertiary/aromatic N) is 1. The Bertz CT molecular complexity index is 805. The fourth-order valence-electron chi connectivity index (χ4n) is 4.04. The van der Waals surface area contributed by atoms with E-state index in [9.17, 15) is 9.59 Å². The molecule has 2 aromatic carbocycles. The molecule has 1 aliphatic heterocycles. The van der Waals surface area contributed by atoms with Crippen LogP contribution in [0.1, 0.15) is 68.1 Å². The predicted octanol–water partition coefficient (Wildman–Crippen LogP) is 5.58. The summed E-state index contributed by atoms with van der Waals surface area (Å²) in [5.41, 5.74) is 3.75. The van der Waals surface area contributed by atoms with Crippen LogP contribution in [-0.4, -0.2) is 16.7 Å². The number of rotatable bonds is 9. The Labute approximate surface area is 168 Å². The lowest BCUT2D eigenvalue weighted by atomic mass is 9.81. The minimum Gasteiger partial charge on any atom is -0.271 e. The normalized spacial score (nSPS) is 15.9. The molecule has 0 aromatic heterocycles. The van der Waals surface area contributed by atoms with Crippen LogP contribution in [0.15, 0.2) is 66.7 Å². The van der Waals surface area contributed by atoms with Gasteiger partial charge in [-0.3, -0.25) is 14.5 Å². The number of amides is 2. The van der Waals surface area contributed by atoms with Gasteiger partial charge in [0, 0.05) is 12.2 Å². The molecule has 0 saturated carbocycles. The molecule has 1 aliphatic rings. The minimum absolute atomic E-state index is 0.230. The molecule has 0 N–H and O–H groups in total. The van der Waals surface area contributed by atoms with Gasteiger partial charge in [0.15, 0.2) is 0 Å². The first-order valence-electron chi connectivity index (χ1n) is 10.3. The van der Waals surface area contributed by atoms with Crippen molar-refractivity contribution in [2.45, 2.75) is 57.9 Å². The lowest BCUT2D eigenvalue weighted by Crippen LogP contribution is -2.29. The lowest BCUT2D eigenvalue weighted by Gasteiger charge is -2.24. The molecule has 2 unspecified atom stereocenters. The van der Waals surface area contributed by atoms with Crippen LogP contribution in [0.25, 0.3) is 0 Å². The topological polar surface area (TPSA) is 37.4 Å². The van der Waals surface area contributed by atoms with Gasteiger partial charge in [-0.25, -0.2) is 0 Å². The Morgan fingerprint density at radius 3 is 1.96 bits per heavy atom. The summed E-state index contributed by atoms with van der Waals surface area (Å²) in [6.07, 6.45) is 7.26. The highest BCUT2D eigenvalue weighted by molar-refractivity contribution is 6.12. The molecule has 0 spiro atoms. The molecule has 0 saturated heterocycles. The number of imide groups is 1. The van der Waals surface area contributed by atoms with Crippen LogP contribution in [0.5, 0.6) is 0 Å². The maximum Gasteiger partial charge on any atom is 0.253 e. The van der Waals surface area contributed by atoms with E-state index in [-0.39, 0.29) is 11.8 Å².